The van der Waals surface area contributed by atoms with Crippen molar-refractivity contribution < 1.29 is 9.53 Å². The van der Waals surface area contributed by atoms with Crippen molar-refractivity contribution in [3.63, 3.8) is 0 Å². The van der Waals surface area contributed by atoms with Gasteiger partial charge in [-0.25, -0.2) is 14.8 Å². The van der Waals surface area contributed by atoms with Gasteiger partial charge in [-0.2, -0.15) is 0 Å². The Morgan fingerprint density at radius 2 is 2.33 bits per heavy atom. The predicted octanol–water partition coefficient (Wildman–Crippen LogP) is 1.39. The normalized spacial score (nSPS) is 10.8. The Morgan fingerprint density at radius 1 is 1.56 bits per heavy atom. The molecule has 0 amide bonds. The van der Waals surface area contributed by atoms with Gasteiger partial charge in [0, 0.05) is 18.5 Å². The summed E-state index contributed by atoms with van der Waals surface area (Å²) in [7, 11) is 0. The summed E-state index contributed by atoms with van der Waals surface area (Å²) >= 11 is 4.94. The van der Waals surface area contributed by atoms with Gasteiger partial charge in [-0.1, -0.05) is 12.6 Å². The summed E-state index contributed by atoms with van der Waals surface area (Å²) in [5.41, 5.74) is 7.24. The van der Waals surface area contributed by atoms with Gasteiger partial charge in [0.15, 0.2) is 5.82 Å². The van der Waals surface area contributed by atoms with E-state index in [0.717, 1.165) is 0 Å². The summed E-state index contributed by atoms with van der Waals surface area (Å²) in [6, 6.07) is 0. The van der Waals surface area contributed by atoms with Gasteiger partial charge < -0.3 is 15.0 Å². The molecule has 18 heavy (non-hydrogen) atoms. The van der Waals surface area contributed by atoms with E-state index in [-0.39, 0.29) is 0 Å². The van der Waals surface area contributed by atoms with Crippen LogP contribution >= 0.6 is 12.6 Å². The maximum Gasteiger partial charge on any atom is 0.341 e. The third kappa shape index (κ3) is 2.13. The first-order valence-corrected chi connectivity index (χ1v) is 6.11. The highest BCUT2D eigenvalue weighted by Gasteiger charge is 2.18. The van der Waals surface area contributed by atoms with Gasteiger partial charge >= 0.3 is 5.97 Å². The summed E-state index contributed by atoms with van der Waals surface area (Å²) in [6.45, 7) is 2.64. The fourth-order valence-corrected chi connectivity index (χ4v) is 1.93. The molecule has 2 N–H and O–H groups in total. The van der Waals surface area contributed by atoms with Crippen LogP contribution in [0.1, 0.15) is 17.3 Å². The summed E-state index contributed by atoms with van der Waals surface area (Å²) in [4.78, 5) is 20.0. The molecule has 0 aromatic carbocycles. The van der Waals surface area contributed by atoms with Crippen LogP contribution in [-0.4, -0.2) is 32.9 Å². The number of aromatic nitrogens is 3. The highest BCUT2D eigenvalue weighted by Crippen LogP contribution is 2.22. The SMILES string of the molecule is CCOC(=O)c1cnc(N)c2ncn(CC[S])c12. The first-order valence-electron chi connectivity index (χ1n) is 5.53. The number of nitrogens with two attached hydrogens (primary N) is 1. The van der Waals surface area contributed by atoms with Gasteiger partial charge in [0.2, 0.25) is 0 Å². The van der Waals surface area contributed by atoms with Crippen molar-refractivity contribution in [1.82, 2.24) is 14.5 Å². The molecular formula is C11H13N4O2S. The Kier molecular flexibility index (Phi) is 3.71. The number of aryl methyl sites for hydroxylation is 1. The topological polar surface area (TPSA) is 83.0 Å². The number of nitrogens with zero attached hydrogens (tertiary/aromatic N) is 3. The Hall–Kier alpha value is -1.76. The van der Waals surface area contributed by atoms with Crippen LogP contribution in [0, 0.1) is 0 Å². The van der Waals surface area contributed by atoms with Gasteiger partial charge in [-0.15, -0.1) is 0 Å². The lowest BCUT2D eigenvalue weighted by Crippen LogP contribution is -2.10. The van der Waals surface area contributed by atoms with Crippen LogP contribution in [0.25, 0.3) is 11.0 Å². The van der Waals surface area contributed by atoms with Crippen molar-refractivity contribution in [3.05, 3.63) is 18.1 Å². The smallest absolute Gasteiger partial charge is 0.341 e. The minimum absolute atomic E-state index is 0.293. The van der Waals surface area contributed by atoms with Crippen molar-refractivity contribution in [3.8, 4) is 0 Å². The Bertz CT molecular complexity index is 582. The molecule has 0 bridgehead atoms. The molecule has 2 heterocycles. The minimum Gasteiger partial charge on any atom is -0.462 e. The van der Waals surface area contributed by atoms with E-state index in [1.54, 1.807) is 17.8 Å². The number of rotatable bonds is 4. The Labute approximate surface area is 110 Å². The molecule has 0 atom stereocenters. The molecule has 0 spiro atoms. The molecular weight excluding hydrogens is 252 g/mol. The van der Waals surface area contributed by atoms with E-state index in [1.807, 2.05) is 0 Å². The van der Waals surface area contributed by atoms with Crippen LogP contribution < -0.4 is 5.73 Å². The van der Waals surface area contributed by atoms with E-state index in [9.17, 15) is 4.79 Å². The summed E-state index contributed by atoms with van der Waals surface area (Å²) in [5, 5.41) is 0. The van der Waals surface area contributed by atoms with E-state index < -0.39 is 5.97 Å². The van der Waals surface area contributed by atoms with Crippen molar-refractivity contribution in [2.75, 3.05) is 18.1 Å². The van der Waals surface area contributed by atoms with Crippen molar-refractivity contribution in [2.24, 2.45) is 0 Å². The molecule has 7 heteroatoms. The third-order valence-corrected chi connectivity index (χ3v) is 2.68. The number of anilines is 1. The predicted molar refractivity (Wildman–Crippen MR) is 70.4 cm³/mol. The van der Waals surface area contributed by atoms with Crippen molar-refractivity contribution in [1.29, 1.82) is 0 Å². The lowest BCUT2D eigenvalue weighted by molar-refractivity contribution is 0.0528. The molecule has 6 nitrogen and oxygen atoms in total. The fraction of sp³-hybridized carbons (Fsp3) is 0.364. The van der Waals surface area contributed by atoms with Gasteiger partial charge in [0.1, 0.15) is 11.1 Å². The number of nitrogen functional groups attached to an aromatic ring is 1. The number of hydrogen-bond acceptors (Lipinski definition) is 5. The van der Waals surface area contributed by atoms with Crippen LogP contribution in [0.5, 0.6) is 0 Å². The first-order chi connectivity index (χ1) is 8.69. The minimum atomic E-state index is -0.430. The highest BCUT2D eigenvalue weighted by atomic mass is 32.1. The van der Waals surface area contributed by atoms with Gasteiger partial charge in [0.05, 0.1) is 18.5 Å². The molecule has 0 aliphatic heterocycles. The Balaban J connectivity index is 2.61. The number of pyridine rings is 1. The van der Waals surface area contributed by atoms with Crippen molar-refractivity contribution >= 4 is 35.4 Å². The number of fused-ring (bicyclic) bond motifs is 1. The molecule has 2 aromatic heterocycles. The van der Waals surface area contributed by atoms with E-state index in [4.69, 9.17) is 23.1 Å². The molecule has 0 fully saturated rings. The van der Waals surface area contributed by atoms with Gasteiger partial charge in [-0.05, 0) is 6.92 Å². The molecule has 2 rings (SSSR count). The summed E-state index contributed by atoms with van der Waals surface area (Å²) in [5.74, 6) is 0.387. The molecule has 0 saturated carbocycles. The number of imidazole rings is 1. The second kappa shape index (κ2) is 5.26. The number of esters is 1. The van der Waals surface area contributed by atoms with Crippen LogP contribution in [0.2, 0.25) is 0 Å². The fourth-order valence-electron chi connectivity index (χ4n) is 1.73. The molecule has 2 aromatic rings. The largest absolute Gasteiger partial charge is 0.462 e. The van der Waals surface area contributed by atoms with Crippen LogP contribution in [0.3, 0.4) is 0 Å². The molecule has 0 aliphatic carbocycles. The maximum absolute atomic E-state index is 11.9. The molecule has 1 radical (unpaired) electrons. The van der Waals surface area contributed by atoms with Gasteiger partial charge in [0.25, 0.3) is 0 Å². The first kappa shape index (κ1) is 12.7. The highest BCUT2D eigenvalue weighted by molar-refractivity contribution is 7.80. The molecule has 95 valence electrons. The maximum atomic E-state index is 11.9. The van der Waals surface area contributed by atoms with E-state index in [0.29, 0.717) is 41.3 Å². The molecule has 0 aliphatic rings. The van der Waals surface area contributed by atoms with Crippen LogP contribution in [0.4, 0.5) is 5.82 Å². The van der Waals surface area contributed by atoms with E-state index >= 15 is 0 Å². The quantitative estimate of drug-likeness (QED) is 0.844. The zero-order valence-corrected chi connectivity index (χ0v) is 10.7. The number of carbonyl (C=O) groups is 1. The monoisotopic (exact) mass is 265 g/mol. The van der Waals surface area contributed by atoms with E-state index in [2.05, 4.69) is 9.97 Å². The zero-order chi connectivity index (χ0) is 13.1. The second-order valence-electron chi connectivity index (χ2n) is 3.62. The summed E-state index contributed by atoms with van der Waals surface area (Å²) in [6.07, 6.45) is 3.02. The van der Waals surface area contributed by atoms with Gasteiger partial charge in [-0.3, -0.25) is 0 Å². The summed E-state index contributed by atoms with van der Waals surface area (Å²) < 4.78 is 6.79. The average Bonchev–Trinajstić information content (AvgIpc) is 2.76. The number of ether oxygens (including phenoxy) is 1. The second-order valence-corrected chi connectivity index (χ2v) is 4.03. The zero-order valence-electron chi connectivity index (χ0n) is 9.92. The van der Waals surface area contributed by atoms with Crippen LogP contribution in [0.15, 0.2) is 12.5 Å². The molecule has 0 unspecified atom stereocenters. The van der Waals surface area contributed by atoms with E-state index in [1.165, 1.54) is 6.20 Å². The lowest BCUT2D eigenvalue weighted by Gasteiger charge is -2.07. The standard InChI is InChI=1S/C11H13N4O2S/c1-2-17-11(16)7-5-13-10(12)8-9(7)15(3-4-18)6-14-8/h5-6H,2-4H2,1H3,(H2,12,13). The Morgan fingerprint density at radius 3 is 3.00 bits per heavy atom. The van der Waals surface area contributed by atoms with Crippen LogP contribution in [-0.2, 0) is 11.3 Å². The average molecular weight is 265 g/mol. The third-order valence-electron chi connectivity index (χ3n) is 2.50. The number of carbonyl (C=O) groups excluding carboxylic acids is 1. The van der Waals surface area contributed by atoms with Crippen molar-refractivity contribution in [2.45, 2.75) is 13.5 Å². The molecule has 0 saturated heterocycles. The lowest BCUT2D eigenvalue weighted by atomic mass is 10.2. The number of hydrogen-bond donors (Lipinski definition) is 1.